The molecule has 0 aromatic heterocycles. The Labute approximate surface area is 74.7 Å². The van der Waals surface area contributed by atoms with Gasteiger partial charge < -0.3 is 5.11 Å². The van der Waals surface area contributed by atoms with Gasteiger partial charge in [0.05, 0.1) is 16.1 Å². The monoisotopic (exact) mass is 194 g/mol. The fourth-order valence-corrected chi connectivity index (χ4v) is 2.45. The molecule has 0 amide bonds. The fraction of sp³-hybridized carbons (Fsp3) is 1.00. The third-order valence-electron chi connectivity index (χ3n) is 2.02. The van der Waals surface area contributed by atoms with E-state index < -0.39 is 25.9 Å². The Kier molecular flexibility index (Phi) is 3.32. The molecule has 0 aliphatic carbocycles. The van der Waals surface area contributed by atoms with Crippen LogP contribution in [0.5, 0.6) is 0 Å². The lowest BCUT2D eigenvalue weighted by atomic mass is 10.3. The molecule has 0 heterocycles. The summed E-state index contributed by atoms with van der Waals surface area (Å²) in [5.74, 6) is 0. The van der Waals surface area contributed by atoms with E-state index in [1.54, 1.807) is 20.8 Å². The Bertz CT molecular complexity index is 234. The summed E-state index contributed by atoms with van der Waals surface area (Å²) in [4.78, 5) is 0. The van der Waals surface area contributed by atoms with Crippen LogP contribution < -0.4 is 0 Å². The number of hydrogen-bond acceptors (Lipinski definition) is 3. The van der Waals surface area contributed by atoms with Gasteiger partial charge >= 0.3 is 0 Å². The first kappa shape index (κ1) is 11.9. The van der Waals surface area contributed by atoms with Crippen LogP contribution in [0.25, 0.3) is 0 Å². The number of aliphatic hydroxyl groups excluding tert-OH is 1. The zero-order valence-electron chi connectivity index (χ0n) is 8.33. The molecule has 2 unspecified atom stereocenters. The number of sulfone groups is 1. The summed E-state index contributed by atoms with van der Waals surface area (Å²) in [6.07, 6.45) is -0.811. The lowest BCUT2D eigenvalue weighted by Crippen LogP contribution is -2.40. The molecule has 4 heteroatoms. The molecule has 0 spiro atoms. The lowest BCUT2D eigenvalue weighted by molar-refractivity contribution is 0.192. The summed E-state index contributed by atoms with van der Waals surface area (Å²) in [5.41, 5.74) is 0. The van der Waals surface area contributed by atoms with Crippen LogP contribution in [0.2, 0.25) is 0 Å². The zero-order valence-corrected chi connectivity index (χ0v) is 9.14. The van der Waals surface area contributed by atoms with Gasteiger partial charge in [-0.1, -0.05) is 0 Å². The number of hydrogen-bond donors (Lipinski definition) is 1. The first-order chi connectivity index (χ1) is 5.10. The van der Waals surface area contributed by atoms with Gasteiger partial charge in [0.15, 0.2) is 9.84 Å². The topological polar surface area (TPSA) is 54.4 Å². The summed E-state index contributed by atoms with van der Waals surface area (Å²) >= 11 is 0. The molecule has 1 N–H and O–H groups in total. The second kappa shape index (κ2) is 3.34. The van der Waals surface area contributed by atoms with Crippen LogP contribution in [-0.4, -0.2) is 29.6 Å². The van der Waals surface area contributed by atoms with Gasteiger partial charge in [-0.05, 0) is 34.6 Å². The van der Waals surface area contributed by atoms with Crippen molar-refractivity contribution in [3.8, 4) is 0 Å². The summed E-state index contributed by atoms with van der Waals surface area (Å²) < 4.78 is 22.5. The molecule has 0 radical (unpaired) electrons. The molecule has 0 fully saturated rings. The van der Waals surface area contributed by atoms with Crippen LogP contribution in [-0.2, 0) is 9.84 Å². The largest absolute Gasteiger partial charge is 0.392 e. The van der Waals surface area contributed by atoms with E-state index in [2.05, 4.69) is 0 Å². The van der Waals surface area contributed by atoms with Crippen LogP contribution in [0, 0.1) is 0 Å². The molecule has 0 saturated heterocycles. The van der Waals surface area contributed by atoms with Crippen molar-refractivity contribution in [1.29, 1.82) is 0 Å². The molecule has 3 nitrogen and oxygen atoms in total. The van der Waals surface area contributed by atoms with Crippen molar-refractivity contribution in [2.45, 2.75) is 50.7 Å². The highest BCUT2D eigenvalue weighted by atomic mass is 32.2. The second-order valence-corrected chi connectivity index (χ2v) is 7.16. The summed E-state index contributed by atoms with van der Waals surface area (Å²) in [7, 11) is -3.23. The molecule has 0 saturated carbocycles. The zero-order chi connectivity index (χ0) is 10.2. The van der Waals surface area contributed by atoms with Gasteiger partial charge in [-0.2, -0.15) is 0 Å². The van der Waals surface area contributed by atoms with E-state index in [4.69, 9.17) is 5.11 Å². The van der Waals surface area contributed by atoms with Gasteiger partial charge in [-0.25, -0.2) is 8.42 Å². The van der Waals surface area contributed by atoms with E-state index in [0.29, 0.717) is 0 Å². The Hall–Kier alpha value is -0.0900. The van der Waals surface area contributed by atoms with Crippen LogP contribution in [0.15, 0.2) is 0 Å². The van der Waals surface area contributed by atoms with Gasteiger partial charge in [-0.15, -0.1) is 0 Å². The van der Waals surface area contributed by atoms with Gasteiger partial charge in [0.2, 0.25) is 0 Å². The third kappa shape index (κ3) is 2.20. The van der Waals surface area contributed by atoms with Crippen molar-refractivity contribution >= 4 is 9.84 Å². The average Bonchev–Trinajstić information content (AvgIpc) is 1.83. The van der Waals surface area contributed by atoms with Crippen molar-refractivity contribution in [3.05, 3.63) is 0 Å². The minimum absolute atomic E-state index is 0.697. The van der Waals surface area contributed by atoms with E-state index >= 15 is 0 Å². The Balaban J connectivity index is 4.89. The minimum Gasteiger partial charge on any atom is -0.392 e. The van der Waals surface area contributed by atoms with Crippen molar-refractivity contribution in [2.75, 3.05) is 0 Å². The summed E-state index contributed by atoms with van der Waals surface area (Å²) in [5, 5.41) is 8.44. The molecule has 0 aliphatic heterocycles. The molecule has 0 rings (SSSR count). The smallest absolute Gasteiger partial charge is 0.160 e. The second-order valence-electron chi connectivity index (χ2n) is 4.10. The van der Waals surface area contributed by atoms with Crippen molar-refractivity contribution in [1.82, 2.24) is 0 Å². The standard InChI is InChI=1S/C8H18O3S/c1-6(9)7(2)12(10,11)8(3,4)5/h6-7,9H,1-5H3. The maximum atomic E-state index is 11.6. The van der Waals surface area contributed by atoms with Crippen molar-refractivity contribution < 1.29 is 13.5 Å². The van der Waals surface area contributed by atoms with Crippen LogP contribution >= 0.6 is 0 Å². The van der Waals surface area contributed by atoms with Gasteiger partial charge in [0, 0.05) is 0 Å². The molecular formula is C8H18O3S. The Morgan fingerprint density at radius 3 is 1.58 bits per heavy atom. The molecule has 0 aromatic carbocycles. The predicted molar refractivity (Wildman–Crippen MR) is 49.8 cm³/mol. The van der Waals surface area contributed by atoms with E-state index in [-0.39, 0.29) is 0 Å². The maximum Gasteiger partial charge on any atom is 0.160 e. The molecule has 74 valence electrons. The minimum atomic E-state index is -3.23. The fourth-order valence-electron chi connectivity index (χ4n) is 0.817. The Morgan fingerprint density at radius 2 is 1.50 bits per heavy atom. The van der Waals surface area contributed by atoms with E-state index in [1.165, 1.54) is 13.8 Å². The van der Waals surface area contributed by atoms with Crippen molar-refractivity contribution in [3.63, 3.8) is 0 Å². The first-order valence-electron chi connectivity index (χ1n) is 4.02. The van der Waals surface area contributed by atoms with Crippen LogP contribution in [0.1, 0.15) is 34.6 Å². The van der Waals surface area contributed by atoms with E-state index in [0.717, 1.165) is 0 Å². The van der Waals surface area contributed by atoms with Crippen molar-refractivity contribution in [2.24, 2.45) is 0 Å². The van der Waals surface area contributed by atoms with Gasteiger partial charge in [0.1, 0.15) is 0 Å². The SMILES string of the molecule is CC(O)C(C)S(=O)(=O)C(C)(C)C. The summed E-state index contributed by atoms with van der Waals surface area (Å²) in [6, 6.07) is 0. The molecule has 12 heavy (non-hydrogen) atoms. The van der Waals surface area contributed by atoms with Crippen LogP contribution in [0.4, 0.5) is 0 Å². The Morgan fingerprint density at radius 1 is 1.17 bits per heavy atom. The quantitative estimate of drug-likeness (QED) is 0.712. The number of aliphatic hydroxyl groups is 1. The lowest BCUT2D eigenvalue weighted by Gasteiger charge is -2.25. The normalized spacial score (nSPS) is 18.8. The molecule has 0 aromatic rings. The van der Waals surface area contributed by atoms with E-state index in [9.17, 15) is 8.42 Å². The third-order valence-corrected chi connectivity index (χ3v) is 5.10. The van der Waals surface area contributed by atoms with Gasteiger partial charge in [0.25, 0.3) is 0 Å². The first-order valence-corrected chi connectivity index (χ1v) is 5.57. The predicted octanol–water partition coefficient (Wildman–Crippen LogP) is 0.969. The maximum absolute atomic E-state index is 11.6. The highest BCUT2D eigenvalue weighted by Gasteiger charge is 2.36. The van der Waals surface area contributed by atoms with Gasteiger partial charge in [-0.3, -0.25) is 0 Å². The number of rotatable bonds is 2. The van der Waals surface area contributed by atoms with E-state index in [1.807, 2.05) is 0 Å². The molecule has 0 aliphatic rings. The highest BCUT2D eigenvalue weighted by Crippen LogP contribution is 2.22. The van der Waals surface area contributed by atoms with Crippen LogP contribution in [0.3, 0.4) is 0 Å². The summed E-state index contributed by atoms with van der Waals surface area (Å²) in [6.45, 7) is 7.95. The highest BCUT2D eigenvalue weighted by molar-refractivity contribution is 7.93. The molecule has 0 bridgehead atoms. The molecular weight excluding hydrogens is 176 g/mol. The molecule has 2 atom stereocenters. The average molecular weight is 194 g/mol.